The summed E-state index contributed by atoms with van der Waals surface area (Å²) >= 11 is 0. The van der Waals surface area contributed by atoms with Crippen LogP contribution < -0.4 is 5.06 Å². The molecule has 0 unspecified atom stereocenters. The molecule has 0 bridgehead atoms. The minimum absolute atomic E-state index is 0.250. The summed E-state index contributed by atoms with van der Waals surface area (Å²) in [5.41, 5.74) is 3.13. The van der Waals surface area contributed by atoms with E-state index in [4.69, 9.17) is 0 Å². The van der Waals surface area contributed by atoms with Gasteiger partial charge in [0.25, 0.3) is 0 Å². The summed E-state index contributed by atoms with van der Waals surface area (Å²) in [4.78, 5) is 13.4. The molecular weight excluding hydrogens is 398 g/mol. The van der Waals surface area contributed by atoms with Gasteiger partial charge in [-0.15, -0.1) is 0 Å². The predicted octanol–water partition coefficient (Wildman–Crippen LogP) is 6.07. The van der Waals surface area contributed by atoms with Crippen molar-refractivity contribution in [1.82, 2.24) is 19.5 Å². The molecule has 6 nitrogen and oxygen atoms in total. The van der Waals surface area contributed by atoms with Gasteiger partial charge in [0.05, 0.1) is 5.54 Å². The summed E-state index contributed by atoms with van der Waals surface area (Å²) in [6, 6.07) is 0. The molecule has 0 radical (unpaired) electrons. The summed E-state index contributed by atoms with van der Waals surface area (Å²) in [6.45, 7) is 17.0. The van der Waals surface area contributed by atoms with Gasteiger partial charge >= 0.3 is 0 Å². The average molecular weight is 438 g/mol. The summed E-state index contributed by atoms with van der Waals surface area (Å²) < 4.78 is 2.17. The van der Waals surface area contributed by atoms with Crippen molar-refractivity contribution in [2.45, 2.75) is 98.1 Å². The Morgan fingerprint density at radius 2 is 1.94 bits per heavy atom. The van der Waals surface area contributed by atoms with Crippen molar-refractivity contribution in [2.24, 2.45) is 22.7 Å². The lowest BCUT2D eigenvalue weighted by atomic mass is 9.46. The second-order valence-electron chi connectivity index (χ2n) is 11.7. The van der Waals surface area contributed by atoms with E-state index >= 15 is 0 Å². The van der Waals surface area contributed by atoms with Crippen molar-refractivity contribution in [3.05, 3.63) is 24.3 Å². The van der Waals surface area contributed by atoms with Crippen LogP contribution in [0, 0.1) is 29.6 Å². The van der Waals surface area contributed by atoms with E-state index in [-0.39, 0.29) is 16.4 Å². The van der Waals surface area contributed by atoms with Gasteiger partial charge < -0.3 is 4.57 Å². The van der Waals surface area contributed by atoms with Crippen LogP contribution in [0.2, 0.25) is 0 Å². The number of allylic oxidation sites excluding steroid dienone is 1. The van der Waals surface area contributed by atoms with Gasteiger partial charge in [0, 0.05) is 6.54 Å². The predicted molar refractivity (Wildman–Crippen MR) is 128 cm³/mol. The highest BCUT2D eigenvalue weighted by atomic mass is 16.5. The second kappa shape index (κ2) is 7.28. The molecule has 0 saturated heterocycles. The Bertz CT molecular complexity index is 1060. The van der Waals surface area contributed by atoms with E-state index in [1.165, 1.54) is 49.1 Å². The van der Waals surface area contributed by atoms with Crippen LogP contribution in [0.25, 0.3) is 11.2 Å². The molecule has 0 spiro atoms. The third kappa shape index (κ3) is 2.98. The minimum Gasteiger partial charge on any atom is -0.324 e. The average Bonchev–Trinajstić information content (AvgIpc) is 3.04. The van der Waals surface area contributed by atoms with E-state index < -0.39 is 0 Å². The highest BCUT2D eigenvalue weighted by Crippen LogP contribution is 2.63. The molecule has 5 rings (SSSR count). The second-order valence-corrected chi connectivity index (χ2v) is 11.7. The summed E-state index contributed by atoms with van der Waals surface area (Å²) in [5, 5.41) is 12.9. The summed E-state index contributed by atoms with van der Waals surface area (Å²) in [7, 11) is 0. The van der Waals surface area contributed by atoms with Crippen molar-refractivity contribution in [2.75, 3.05) is 5.06 Å². The van der Waals surface area contributed by atoms with Gasteiger partial charge in [0.15, 0.2) is 11.5 Å². The Kier molecular flexibility index (Phi) is 4.97. The highest BCUT2D eigenvalue weighted by molar-refractivity contribution is 5.84. The number of imidazole rings is 1. The number of rotatable bonds is 3. The molecule has 1 aliphatic heterocycles. The van der Waals surface area contributed by atoms with Crippen LogP contribution in [0.4, 0.5) is 5.82 Å². The van der Waals surface area contributed by atoms with Crippen molar-refractivity contribution in [1.29, 1.82) is 0 Å². The topological polar surface area (TPSA) is 67.1 Å². The molecule has 6 heteroatoms. The van der Waals surface area contributed by atoms with Crippen molar-refractivity contribution in [3.8, 4) is 0 Å². The van der Waals surface area contributed by atoms with Gasteiger partial charge in [-0.3, -0.25) is 5.21 Å². The zero-order valence-corrected chi connectivity index (χ0v) is 20.5. The molecule has 0 aromatic carbocycles. The molecular formula is C26H39N5O. The van der Waals surface area contributed by atoms with E-state index in [1.54, 1.807) is 0 Å². The maximum atomic E-state index is 11.5. The fourth-order valence-corrected chi connectivity index (χ4v) is 7.36. The first kappa shape index (κ1) is 21.9. The molecule has 32 heavy (non-hydrogen) atoms. The Hall–Kier alpha value is -1.95. The molecule has 5 atom stereocenters. The van der Waals surface area contributed by atoms with Crippen LogP contribution in [0.3, 0.4) is 0 Å². The third-order valence-corrected chi connectivity index (χ3v) is 10.1. The quantitative estimate of drug-likeness (QED) is 0.590. The van der Waals surface area contributed by atoms with Crippen molar-refractivity contribution >= 4 is 17.0 Å². The number of aryl methyl sites for hydroxylation is 2. The third-order valence-electron chi connectivity index (χ3n) is 10.1. The lowest BCUT2D eigenvalue weighted by molar-refractivity contribution is -0.0605. The van der Waals surface area contributed by atoms with Crippen LogP contribution in [-0.2, 0) is 6.54 Å². The van der Waals surface area contributed by atoms with E-state index in [1.807, 2.05) is 6.92 Å². The van der Waals surface area contributed by atoms with Gasteiger partial charge in [-0.1, -0.05) is 32.9 Å². The van der Waals surface area contributed by atoms with Gasteiger partial charge in [0.1, 0.15) is 17.7 Å². The van der Waals surface area contributed by atoms with Gasteiger partial charge in [0.2, 0.25) is 0 Å². The number of aromatic nitrogens is 4. The maximum absolute atomic E-state index is 11.5. The van der Waals surface area contributed by atoms with Gasteiger partial charge in [-0.2, -0.15) is 0 Å². The standard InChI is InChI=1S/C26H39N5O/c1-17-8-7-9-20-25(17,5)11-10-18(2)26(20,6)13-12-24(4)14-15-30-19(3)29-22-21(30)23(31(24)32)28-16-27-22/h16,18,20,32H,1,7-15H2,2-6H3/t18-,20-,24-,25+,26+/m1/s1. The number of nitrogens with zero attached hydrogens (tertiary/aromatic N) is 5. The van der Waals surface area contributed by atoms with E-state index in [9.17, 15) is 5.21 Å². The van der Waals surface area contributed by atoms with E-state index in [0.717, 1.165) is 37.1 Å². The Balaban J connectivity index is 1.45. The van der Waals surface area contributed by atoms with Crippen LogP contribution in [0.15, 0.2) is 18.5 Å². The van der Waals surface area contributed by atoms with Gasteiger partial charge in [-0.25, -0.2) is 20.0 Å². The largest absolute Gasteiger partial charge is 0.324 e. The Labute approximate surface area is 192 Å². The van der Waals surface area contributed by atoms with Crippen molar-refractivity contribution < 1.29 is 5.21 Å². The molecule has 3 aliphatic rings. The van der Waals surface area contributed by atoms with E-state index in [0.29, 0.717) is 23.3 Å². The number of hydrogen-bond acceptors (Lipinski definition) is 5. The number of anilines is 1. The van der Waals surface area contributed by atoms with Crippen LogP contribution in [0.1, 0.15) is 84.9 Å². The zero-order valence-electron chi connectivity index (χ0n) is 20.5. The molecule has 2 fully saturated rings. The maximum Gasteiger partial charge on any atom is 0.183 e. The van der Waals surface area contributed by atoms with E-state index in [2.05, 4.69) is 53.8 Å². The zero-order chi connectivity index (χ0) is 22.9. The molecule has 0 amide bonds. The molecule has 3 heterocycles. The summed E-state index contributed by atoms with van der Waals surface area (Å²) in [6.07, 6.45) is 10.7. The fourth-order valence-electron chi connectivity index (χ4n) is 7.36. The lowest BCUT2D eigenvalue weighted by Gasteiger charge is -2.59. The van der Waals surface area contributed by atoms with Crippen LogP contribution in [0.5, 0.6) is 0 Å². The molecule has 1 N–H and O–H groups in total. The molecule has 2 aromatic rings. The van der Waals surface area contributed by atoms with Crippen LogP contribution >= 0.6 is 0 Å². The first-order valence-corrected chi connectivity index (χ1v) is 12.5. The van der Waals surface area contributed by atoms with Crippen molar-refractivity contribution in [3.63, 3.8) is 0 Å². The molecule has 2 aliphatic carbocycles. The molecule has 2 aromatic heterocycles. The lowest BCUT2D eigenvalue weighted by Crippen LogP contribution is -2.52. The number of hydroxylamine groups is 1. The monoisotopic (exact) mass is 437 g/mol. The summed E-state index contributed by atoms with van der Waals surface area (Å²) in [5.74, 6) is 2.88. The highest BCUT2D eigenvalue weighted by Gasteiger charge is 2.54. The number of hydrogen-bond donors (Lipinski definition) is 1. The Morgan fingerprint density at radius 3 is 2.72 bits per heavy atom. The molecule has 174 valence electrons. The number of fused-ring (bicyclic) bond motifs is 1. The normalized spacial score (nSPS) is 37.4. The van der Waals surface area contributed by atoms with Gasteiger partial charge in [-0.05, 0) is 87.9 Å². The molecule has 2 saturated carbocycles. The first-order chi connectivity index (χ1) is 15.1. The van der Waals surface area contributed by atoms with Crippen LogP contribution in [-0.4, -0.2) is 30.3 Å². The Morgan fingerprint density at radius 1 is 1.16 bits per heavy atom. The fraction of sp³-hybridized carbons (Fsp3) is 0.731. The smallest absolute Gasteiger partial charge is 0.183 e. The first-order valence-electron chi connectivity index (χ1n) is 12.5. The SMILES string of the molecule is C=C1CCC[C@H]2[C@@](C)(CC[C@]3(C)CCn4c(C)nc5ncnc(c54)N3O)[C@H](C)CC[C@@]12C. The minimum atomic E-state index is -0.380.